The van der Waals surface area contributed by atoms with E-state index >= 15 is 0 Å². The van der Waals surface area contributed by atoms with E-state index in [2.05, 4.69) is 12.2 Å². The molecule has 4 heteroatoms. The van der Waals surface area contributed by atoms with Crippen molar-refractivity contribution in [3.63, 3.8) is 0 Å². The summed E-state index contributed by atoms with van der Waals surface area (Å²) in [5.74, 6) is 0.574. The zero-order chi connectivity index (χ0) is 16.2. The van der Waals surface area contributed by atoms with E-state index in [0.29, 0.717) is 17.6 Å². The number of piperidine rings is 1. The van der Waals surface area contributed by atoms with Crippen LogP contribution < -0.4 is 10.2 Å². The van der Waals surface area contributed by atoms with Gasteiger partial charge in [-0.15, -0.1) is 0 Å². The molecule has 1 heterocycles. The Morgan fingerprint density at radius 2 is 1.91 bits per heavy atom. The first kappa shape index (κ1) is 16.7. The van der Waals surface area contributed by atoms with Gasteiger partial charge in [-0.05, 0) is 49.3 Å². The predicted molar refractivity (Wildman–Crippen MR) is 92.1 cm³/mol. The molecule has 128 valence electrons. The van der Waals surface area contributed by atoms with Crippen molar-refractivity contribution in [2.45, 2.75) is 64.1 Å². The van der Waals surface area contributed by atoms with Crippen LogP contribution in [-0.4, -0.2) is 30.3 Å². The van der Waals surface area contributed by atoms with Gasteiger partial charge in [-0.3, -0.25) is 0 Å². The summed E-state index contributed by atoms with van der Waals surface area (Å²) in [6.07, 6.45) is 6.40. The molecule has 0 aromatic heterocycles. The standard InChI is InChI=1S/C19H29FN2O/c1-14-4-2-3-5-18(14)21-13-15-6-7-19(17(20)12-15)22-10-8-16(23)9-11-22/h6-7,12,14,16,18,21,23H,2-5,8-11,13H2,1H3. The predicted octanol–water partition coefficient (Wildman–Crippen LogP) is 3.46. The summed E-state index contributed by atoms with van der Waals surface area (Å²) in [4.78, 5) is 2.04. The first-order valence-electron chi connectivity index (χ1n) is 9.08. The van der Waals surface area contributed by atoms with Crippen molar-refractivity contribution in [1.82, 2.24) is 5.32 Å². The lowest BCUT2D eigenvalue weighted by molar-refractivity contribution is 0.145. The number of anilines is 1. The number of hydrogen-bond acceptors (Lipinski definition) is 3. The van der Waals surface area contributed by atoms with Crippen LogP contribution in [0.1, 0.15) is 51.0 Å². The van der Waals surface area contributed by atoms with Crippen molar-refractivity contribution in [2.24, 2.45) is 5.92 Å². The van der Waals surface area contributed by atoms with Crippen LogP contribution in [0.4, 0.5) is 10.1 Å². The average Bonchev–Trinajstić information content (AvgIpc) is 2.55. The number of aliphatic hydroxyl groups is 1. The average molecular weight is 320 g/mol. The van der Waals surface area contributed by atoms with Crippen molar-refractivity contribution < 1.29 is 9.50 Å². The molecule has 3 rings (SSSR count). The molecule has 1 saturated heterocycles. The zero-order valence-electron chi connectivity index (χ0n) is 14.1. The monoisotopic (exact) mass is 320 g/mol. The van der Waals surface area contributed by atoms with Gasteiger partial charge in [0.15, 0.2) is 0 Å². The summed E-state index contributed by atoms with van der Waals surface area (Å²) >= 11 is 0. The molecule has 2 fully saturated rings. The normalized spacial score (nSPS) is 26.5. The minimum Gasteiger partial charge on any atom is -0.393 e. The van der Waals surface area contributed by atoms with Crippen LogP contribution in [-0.2, 0) is 6.54 Å². The topological polar surface area (TPSA) is 35.5 Å². The Kier molecular flexibility index (Phi) is 5.54. The van der Waals surface area contributed by atoms with Gasteiger partial charge >= 0.3 is 0 Å². The molecular weight excluding hydrogens is 291 g/mol. The van der Waals surface area contributed by atoms with E-state index in [1.54, 1.807) is 6.07 Å². The Morgan fingerprint density at radius 3 is 2.61 bits per heavy atom. The first-order chi connectivity index (χ1) is 11.1. The van der Waals surface area contributed by atoms with Crippen LogP contribution in [0.25, 0.3) is 0 Å². The lowest BCUT2D eigenvalue weighted by atomic mass is 9.86. The molecule has 0 spiro atoms. The van der Waals surface area contributed by atoms with Crippen molar-refractivity contribution >= 4 is 5.69 Å². The summed E-state index contributed by atoms with van der Waals surface area (Å²) in [6, 6.07) is 6.16. The van der Waals surface area contributed by atoms with Crippen molar-refractivity contribution in [3.8, 4) is 0 Å². The molecule has 0 bridgehead atoms. The second kappa shape index (κ2) is 7.63. The fraction of sp³-hybridized carbons (Fsp3) is 0.684. The Hall–Kier alpha value is -1.13. The Bertz CT molecular complexity index is 514. The van der Waals surface area contributed by atoms with Crippen LogP contribution in [0.15, 0.2) is 18.2 Å². The second-order valence-electron chi connectivity index (χ2n) is 7.25. The van der Waals surface area contributed by atoms with E-state index < -0.39 is 0 Å². The van der Waals surface area contributed by atoms with Gasteiger partial charge in [0.25, 0.3) is 0 Å². The Labute approximate surface area is 138 Å². The van der Waals surface area contributed by atoms with Crippen LogP contribution in [0, 0.1) is 11.7 Å². The van der Waals surface area contributed by atoms with Gasteiger partial charge in [-0.25, -0.2) is 4.39 Å². The van der Waals surface area contributed by atoms with Gasteiger partial charge in [0.1, 0.15) is 5.82 Å². The van der Waals surface area contributed by atoms with E-state index in [-0.39, 0.29) is 11.9 Å². The van der Waals surface area contributed by atoms with Crippen LogP contribution in [0.5, 0.6) is 0 Å². The molecule has 0 radical (unpaired) electrons. The smallest absolute Gasteiger partial charge is 0.146 e. The van der Waals surface area contributed by atoms with Crippen molar-refractivity contribution in [3.05, 3.63) is 29.6 Å². The third-order valence-electron chi connectivity index (χ3n) is 5.50. The first-order valence-corrected chi connectivity index (χ1v) is 9.08. The molecule has 1 aliphatic carbocycles. The number of benzene rings is 1. The molecule has 2 aliphatic rings. The molecule has 1 aliphatic heterocycles. The molecule has 1 saturated carbocycles. The molecule has 3 nitrogen and oxygen atoms in total. The molecule has 1 aromatic carbocycles. The minimum atomic E-state index is -0.227. The van der Waals surface area contributed by atoms with Crippen molar-refractivity contribution in [1.29, 1.82) is 0 Å². The number of aliphatic hydroxyl groups excluding tert-OH is 1. The van der Waals surface area contributed by atoms with E-state index in [1.165, 1.54) is 25.7 Å². The lowest BCUT2D eigenvalue weighted by Crippen LogP contribution is -2.37. The highest BCUT2D eigenvalue weighted by atomic mass is 19.1. The molecular formula is C19H29FN2O. The van der Waals surface area contributed by atoms with Gasteiger partial charge in [0, 0.05) is 25.7 Å². The van der Waals surface area contributed by atoms with Crippen LogP contribution in [0.2, 0.25) is 0 Å². The molecule has 1 aromatic rings. The highest BCUT2D eigenvalue weighted by molar-refractivity contribution is 5.49. The van der Waals surface area contributed by atoms with Crippen LogP contribution in [0.3, 0.4) is 0 Å². The number of hydrogen-bond donors (Lipinski definition) is 2. The molecule has 2 unspecified atom stereocenters. The number of rotatable bonds is 4. The van der Waals surface area contributed by atoms with Gasteiger partial charge in [-0.1, -0.05) is 25.8 Å². The Balaban J connectivity index is 1.58. The SMILES string of the molecule is CC1CCCCC1NCc1ccc(N2CCC(O)CC2)c(F)c1. The summed E-state index contributed by atoms with van der Waals surface area (Å²) < 4.78 is 14.4. The van der Waals surface area contributed by atoms with E-state index in [0.717, 1.165) is 38.0 Å². The maximum atomic E-state index is 14.4. The number of nitrogens with zero attached hydrogens (tertiary/aromatic N) is 1. The van der Waals surface area contributed by atoms with Gasteiger partial charge in [0.05, 0.1) is 11.8 Å². The van der Waals surface area contributed by atoms with Gasteiger partial charge in [0.2, 0.25) is 0 Å². The van der Waals surface area contributed by atoms with Crippen LogP contribution >= 0.6 is 0 Å². The Morgan fingerprint density at radius 1 is 1.17 bits per heavy atom. The molecule has 2 atom stereocenters. The third kappa shape index (κ3) is 4.24. The van der Waals surface area contributed by atoms with Gasteiger partial charge in [-0.2, -0.15) is 0 Å². The highest BCUT2D eigenvalue weighted by Crippen LogP contribution is 2.26. The molecule has 23 heavy (non-hydrogen) atoms. The molecule has 0 amide bonds. The van der Waals surface area contributed by atoms with E-state index in [9.17, 15) is 9.50 Å². The lowest BCUT2D eigenvalue weighted by Gasteiger charge is -2.32. The fourth-order valence-electron chi connectivity index (χ4n) is 3.89. The summed E-state index contributed by atoms with van der Waals surface area (Å²) in [5, 5.41) is 13.2. The summed E-state index contributed by atoms with van der Waals surface area (Å²) in [7, 11) is 0. The maximum absolute atomic E-state index is 14.4. The zero-order valence-corrected chi connectivity index (χ0v) is 14.1. The van der Waals surface area contributed by atoms with E-state index in [1.807, 2.05) is 17.0 Å². The largest absolute Gasteiger partial charge is 0.393 e. The van der Waals surface area contributed by atoms with Crippen molar-refractivity contribution in [2.75, 3.05) is 18.0 Å². The minimum absolute atomic E-state index is 0.141. The summed E-state index contributed by atoms with van der Waals surface area (Å²) in [6.45, 7) is 4.51. The molecule has 2 N–H and O–H groups in total. The number of halogens is 1. The van der Waals surface area contributed by atoms with E-state index in [4.69, 9.17) is 0 Å². The summed E-state index contributed by atoms with van der Waals surface area (Å²) in [5.41, 5.74) is 1.69. The maximum Gasteiger partial charge on any atom is 0.146 e. The second-order valence-corrected chi connectivity index (χ2v) is 7.25. The highest BCUT2D eigenvalue weighted by Gasteiger charge is 2.22. The van der Waals surface area contributed by atoms with Gasteiger partial charge < -0.3 is 15.3 Å². The number of nitrogens with one attached hydrogen (secondary N) is 1. The fourth-order valence-corrected chi connectivity index (χ4v) is 3.89. The third-order valence-corrected chi connectivity index (χ3v) is 5.50. The quantitative estimate of drug-likeness (QED) is 0.892.